The molecule has 3 aromatic rings. The number of fused-ring (bicyclic) bond motifs is 1. The van der Waals surface area contributed by atoms with Crippen LogP contribution in [0.15, 0.2) is 48.8 Å². The number of carboxylic acid groups (broad SMARTS) is 1. The quantitative estimate of drug-likeness (QED) is 0.481. The minimum absolute atomic E-state index is 0.598. The summed E-state index contributed by atoms with van der Waals surface area (Å²) >= 11 is 0. The molecule has 2 aromatic carbocycles. The van der Waals surface area contributed by atoms with Crippen molar-refractivity contribution < 1.29 is 14.6 Å². The molecule has 5 heteroatoms. The van der Waals surface area contributed by atoms with Crippen LogP contribution < -0.4 is 0 Å². The molecule has 1 aliphatic rings. The maximum absolute atomic E-state index is 12.5. The Morgan fingerprint density at radius 1 is 1.06 bits per heavy atom. The number of hydrogen-bond acceptors (Lipinski definition) is 4. The first-order valence-electron chi connectivity index (χ1n) is 11.8. The van der Waals surface area contributed by atoms with Crippen molar-refractivity contribution in [3.05, 3.63) is 87.7 Å². The summed E-state index contributed by atoms with van der Waals surface area (Å²) in [5.41, 5.74) is 9.18. The van der Waals surface area contributed by atoms with E-state index in [2.05, 4.69) is 61.0 Å². The highest BCUT2D eigenvalue weighted by atomic mass is 16.5. The van der Waals surface area contributed by atoms with Gasteiger partial charge in [0.15, 0.2) is 6.10 Å². The van der Waals surface area contributed by atoms with Gasteiger partial charge in [0.2, 0.25) is 0 Å². The molecule has 0 amide bonds. The summed E-state index contributed by atoms with van der Waals surface area (Å²) in [6.07, 6.45) is 2.65. The number of ether oxygens (including phenoxy) is 1. The molecule has 0 fully saturated rings. The average Bonchev–Trinajstić information content (AvgIpc) is 3.20. The third-order valence-corrected chi connectivity index (χ3v) is 6.51. The van der Waals surface area contributed by atoms with E-state index in [0.29, 0.717) is 0 Å². The SMILES string of the molecule is Cc1ccc(-c2c(C)c3c(c(C)c2[C@H](OC(C)(C)C)C(=O)O)CN(Cc2cccnc2)C3)cc1. The maximum Gasteiger partial charge on any atom is 0.337 e. The monoisotopic (exact) mass is 458 g/mol. The van der Waals surface area contributed by atoms with Crippen molar-refractivity contribution in [1.29, 1.82) is 0 Å². The molecule has 1 atom stereocenters. The number of nitrogens with zero attached hydrogens (tertiary/aromatic N) is 2. The molecule has 1 aromatic heterocycles. The highest BCUT2D eigenvalue weighted by molar-refractivity contribution is 5.84. The van der Waals surface area contributed by atoms with Crippen LogP contribution in [0.25, 0.3) is 11.1 Å². The Morgan fingerprint density at radius 2 is 1.71 bits per heavy atom. The van der Waals surface area contributed by atoms with Crippen molar-refractivity contribution in [1.82, 2.24) is 9.88 Å². The molecule has 1 aliphatic heterocycles. The van der Waals surface area contributed by atoms with Crippen LogP contribution in [-0.2, 0) is 29.2 Å². The third kappa shape index (κ3) is 4.91. The van der Waals surface area contributed by atoms with Crippen molar-refractivity contribution in [2.45, 2.75) is 72.9 Å². The Kier molecular flexibility index (Phi) is 6.61. The van der Waals surface area contributed by atoms with E-state index in [1.807, 2.05) is 33.0 Å². The first kappa shape index (κ1) is 24.1. The molecule has 0 aliphatic carbocycles. The zero-order valence-corrected chi connectivity index (χ0v) is 21.0. The van der Waals surface area contributed by atoms with Crippen molar-refractivity contribution in [3.8, 4) is 11.1 Å². The average molecular weight is 459 g/mol. The van der Waals surface area contributed by atoms with Crippen molar-refractivity contribution >= 4 is 5.97 Å². The molecule has 0 spiro atoms. The largest absolute Gasteiger partial charge is 0.479 e. The highest BCUT2D eigenvalue weighted by Gasteiger charge is 2.35. The summed E-state index contributed by atoms with van der Waals surface area (Å²) in [6, 6.07) is 12.4. The molecule has 0 saturated carbocycles. The first-order chi connectivity index (χ1) is 16.0. The smallest absolute Gasteiger partial charge is 0.337 e. The summed E-state index contributed by atoms with van der Waals surface area (Å²) in [6.45, 7) is 14.4. The summed E-state index contributed by atoms with van der Waals surface area (Å²) < 4.78 is 6.17. The Labute approximate surface area is 202 Å². The van der Waals surface area contributed by atoms with Crippen LogP contribution in [0.5, 0.6) is 0 Å². The lowest BCUT2D eigenvalue weighted by Gasteiger charge is -2.30. The van der Waals surface area contributed by atoms with Gasteiger partial charge in [-0.1, -0.05) is 35.9 Å². The number of aliphatic carboxylic acids is 1. The van der Waals surface area contributed by atoms with Crippen LogP contribution in [0.3, 0.4) is 0 Å². The number of carbonyl (C=O) groups is 1. The number of aromatic nitrogens is 1. The van der Waals surface area contributed by atoms with Crippen LogP contribution in [0.1, 0.15) is 65.8 Å². The van der Waals surface area contributed by atoms with Gasteiger partial charge in [0.05, 0.1) is 5.60 Å². The minimum atomic E-state index is -1.05. The van der Waals surface area contributed by atoms with Gasteiger partial charge in [0, 0.05) is 37.6 Å². The van der Waals surface area contributed by atoms with Crippen molar-refractivity contribution in [3.63, 3.8) is 0 Å². The zero-order chi connectivity index (χ0) is 24.6. The van der Waals surface area contributed by atoms with Crippen LogP contribution in [0.2, 0.25) is 0 Å². The number of hydrogen-bond donors (Lipinski definition) is 1. The van der Waals surface area contributed by atoms with Gasteiger partial charge in [-0.25, -0.2) is 4.79 Å². The molecule has 0 saturated heterocycles. The van der Waals surface area contributed by atoms with E-state index in [9.17, 15) is 9.90 Å². The van der Waals surface area contributed by atoms with Gasteiger partial charge in [-0.15, -0.1) is 0 Å². The Bertz CT molecular complexity index is 1200. The summed E-state index contributed by atoms with van der Waals surface area (Å²) in [5, 5.41) is 10.3. The predicted octanol–water partition coefficient (Wildman–Crippen LogP) is 6.13. The summed E-state index contributed by atoms with van der Waals surface area (Å²) in [5.74, 6) is -0.962. The minimum Gasteiger partial charge on any atom is -0.479 e. The molecule has 178 valence electrons. The molecule has 34 heavy (non-hydrogen) atoms. The molecule has 0 radical (unpaired) electrons. The summed E-state index contributed by atoms with van der Waals surface area (Å²) in [7, 11) is 0. The molecular weight excluding hydrogens is 424 g/mol. The normalized spacial score (nSPS) is 14.8. The number of aryl methyl sites for hydroxylation is 1. The molecular formula is C29H34N2O3. The maximum atomic E-state index is 12.5. The highest BCUT2D eigenvalue weighted by Crippen LogP contribution is 2.43. The lowest BCUT2D eigenvalue weighted by atomic mass is 9.83. The molecule has 1 N–H and O–H groups in total. The summed E-state index contributed by atoms with van der Waals surface area (Å²) in [4.78, 5) is 19.2. The number of pyridine rings is 1. The lowest BCUT2D eigenvalue weighted by Crippen LogP contribution is -2.28. The van der Waals surface area contributed by atoms with Gasteiger partial charge in [0.1, 0.15) is 0 Å². The van der Waals surface area contributed by atoms with Gasteiger partial charge >= 0.3 is 5.97 Å². The Hall–Kier alpha value is -3.02. The third-order valence-electron chi connectivity index (χ3n) is 6.51. The zero-order valence-electron chi connectivity index (χ0n) is 21.0. The number of benzene rings is 2. The second kappa shape index (κ2) is 9.32. The van der Waals surface area contributed by atoms with Crippen LogP contribution in [-0.4, -0.2) is 26.6 Å². The van der Waals surface area contributed by atoms with Crippen molar-refractivity contribution in [2.24, 2.45) is 0 Å². The van der Waals surface area contributed by atoms with Gasteiger partial charge in [-0.3, -0.25) is 9.88 Å². The fraction of sp³-hybridized carbons (Fsp3) is 0.379. The van der Waals surface area contributed by atoms with E-state index in [0.717, 1.165) is 47.5 Å². The number of carboxylic acids is 1. The Balaban J connectivity index is 1.87. The molecule has 0 bridgehead atoms. The van der Waals surface area contributed by atoms with Crippen LogP contribution >= 0.6 is 0 Å². The van der Waals surface area contributed by atoms with Crippen LogP contribution in [0, 0.1) is 20.8 Å². The molecule has 0 unspecified atom stereocenters. The predicted molar refractivity (Wildman–Crippen MR) is 134 cm³/mol. The molecule has 4 rings (SSSR count). The van der Waals surface area contributed by atoms with Gasteiger partial charge in [-0.05, 0) is 86.6 Å². The second-order valence-corrected chi connectivity index (χ2v) is 10.3. The van der Waals surface area contributed by atoms with Gasteiger partial charge in [0.25, 0.3) is 0 Å². The second-order valence-electron chi connectivity index (χ2n) is 10.3. The molecule has 2 heterocycles. The fourth-order valence-electron chi connectivity index (χ4n) is 4.95. The van der Waals surface area contributed by atoms with Gasteiger partial charge in [-0.2, -0.15) is 0 Å². The van der Waals surface area contributed by atoms with E-state index >= 15 is 0 Å². The van der Waals surface area contributed by atoms with E-state index in [1.54, 1.807) is 6.20 Å². The van der Waals surface area contributed by atoms with Crippen molar-refractivity contribution in [2.75, 3.05) is 0 Å². The molecule has 5 nitrogen and oxygen atoms in total. The topological polar surface area (TPSA) is 62.7 Å². The van der Waals surface area contributed by atoms with E-state index in [4.69, 9.17) is 4.74 Å². The van der Waals surface area contributed by atoms with E-state index < -0.39 is 17.7 Å². The van der Waals surface area contributed by atoms with E-state index in [1.165, 1.54) is 22.3 Å². The fourth-order valence-corrected chi connectivity index (χ4v) is 4.95. The number of rotatable bonds is 6. The first-order valence-corrected chi connectivity index (χ1v) is 11.8. The van der Waals surface area contributed by atoms with Crippen LogP contribution in [0.4, 0.5) is 0 Å². The van der Waals surface area contributed by atoms with Gasteiger partial charge < -0.3 is 9.84 Å². The lowest BCUT2D eigenvalue weighted by molar-refractivity contribution is -0.160. The van der Waals surface area contributed by atoms with E-state index in [-0.39, 0.29) is 0 Å². The standard InChI is InChI=1S/C29H34N2O3/c1-18-9-11-22(12-10-18)25-19(2)23-16-31(15-21-8-7-13-30-14-21)17-24(23)20(3)26(25)27(28(32)33)34-29(4,5)6/h7-14,27H,15-17H2,1-6H3,(H,32,33)/t27-/m0/s1. The Morgan fingerprint density at radius 3 is 2.26 bits per heavy atom.